The van der Waals surface area contributed by atoms with Crippen LogP contribution in [-0.4, -0.2) is 14.1 Å². The number of fused-ring (bicyclic) bond motifs is 13. The average Bonchev–Trinajstić information content (AvgIpc) is 3.88. The van der Waals surface area contributed by atoms with Crippen LogP contribution in [0, 0.1) is 0 Å². The molecule has 0 saturated carbocycles. The first-order chi connectivity index (χ1) is 26.3. The van der Waals surface area contributed by atoms with Crippen molar-refractivity contribution in [3.05, 3.63) is 210 Å². The van der Waals surface area contributed by atoms with Gasteiger partial charge in [0.05, 0.1) is 33.2 Å². The molecule has 0 saturated heterocycles. The second-order valence-electron chi connectivity index (χ2n) is 14.3. The minimum absolute atomic E-state index is 0.511. The van der Waals surface area contributed by atoms with E-state index < -0.39 is 5.41 Å². The Morgan fingerprint density at radius 2 is 1.02 bits per heavy atom. The molecule has 0 amide bonds. The van der Waals surface area contributed by atoms with Crippen LogP contribution in [0.4, 0.5) is 0 Å². The molecule has 0 radical (unpaired) electrons. The van der Waals surface area contributed by atoms with Gasteiger partial charge in [-0.1, -0.05) is 152 Å². The molecule has 3 nitrogen and oxygen atoms in total. The molecule has 8 aromatic carbocycles. The molecule has 0 bridgehead atoms. The molecule has 2 aromatic heterocycles. The molecule has 246 valence electrons. The zero-order valence-electron chi connectivity index (χ0n) is 28.7. The van der Waals surface area contributed by atoms with Gasteiger partial charge in [-0.05, 0) is 80.9 Å². The van der Waals surface area contributed by atoms with Crippen LogP contribution in [0.15, 0.2) is 188 Å². The van der Waals surface area contributed by atoms with Gasteiger partial charge in [0.15, 0.2) is 0 Å². The number of benzene rings is 8. The van der Waals surface area contributed by atoms with Gasteiger partial charge in [0, 0.05) is 22.0 Å². The van der Waals surface area contributed by atoms with Crippen LogP contribution in [0.1, 0.15) is 22.3 Å². The third-order valence-corrected chi connectivity index (χ3v) is 11.7. The van der Waals surface area contributed by atoms with Crippen molar-refractivity contribution in [3.63, 3.8) is 0 Å². The Balaban J connectivity index is 1.13. The summed E-state index contributed by atoms with van der Waals surface area (Å²) in [5.74, 6) is 0.937. The summed E-state index contributed by atoms with van der Waals surface area (Å²) < 4.78 is 4.78. The largest absolute Gasteiger partial charge is 0.309 e. The highest BCUT2D eigenvalue weighted by atomic mass is 15.1. The summed E-state index contributed by atoms with van der Waals surface area (Å²) in [6.07, 6.45) is 0. The SMILES string of the molecule is c1ccc(-n2c(-c3ccc(-c4cccc5c4C4(c6ccccc6-5)c5ccccc5-n5c6ccccc6c6cccc4c65)cc3)nc3ccccc32)cc1. The Bertz CT molecular complexity index is 3110. The van der Waals surface area contributed by atoms with Gasteiger partial charge in [-0.15, -0.1) is 0 Å². The van der Waals surface area contributed by atoms with E-state index in [1.165, 1.54) is 72.0 Å². The Kier molecular flexibility index (Phi) is 5.70. The molecule has 0 N–H and O–H groups in total. The lowest BCUT2D eigenvalue weighted by atomic mass is 9.64. The van der Waals surface area contributed by atoms with Gasteiger partial charge < -0.3 is 4.57 Å². The van der Waals surface area contributed by atoms with E-state index in [0.29, 0.717) is 0 Å². The predicted molar refractivity (Wildman–Crippen MR) is 217 cm³/mol. The Morgan fingerprint density at radius 1 is 0.396 bits per heavy atom. The molecule has 3 heterocycles. The summed E-state index contributed by atoms with van der Waals surface area (Å²) in [7, 11) is 0. The van der Waals surface area contributed by atoms with Crippen molar-refractivity contribution in [1.29, 1.82) is 0 Å². The van der Waals surface area contributed by atoms with Crippen LogP contribution < -0.4 is 0 Å². The lowest BCUT2D eigenvalue weighted by Gasteiger charge is -2.40. The highest BCUT2D eigenvalue weighted by Gasteiger charge is 2.51. The molecule has 1 unspecified atom stereocenters. The van der Waals surface area contributed by atoms with E-state index in [1.807, 2.05) is 0 Å². The molecule has 10 aromatic rings. The van der Waals surface area contributed by atoms with Crippen LogP contribution in [0.2, 0.25) is 0 Å². The first-order valence-corrected chi connectivity index (χ1v) is 18.3. The van der Waals surface area contributed by atoms with E-state index in [2.05, 4.69) is 197 Å². The average molecular weight is 674 g/mol. The maximum absolute atomic E-state index is 5.16. The second kappa shape index (κ2) is 10.5. The van der Waals surface area contributed by atoms with E-state index in [0.717, 1.165) is 28.1 Å². The van der Waals surface area contributed by atoms with Gasteiger partial charge in [-0.3, -0.25) is 4.57 Å². The molecule has 1 atom stereocenters. The van der Waals surface area contributed by atoms with E-state index >= 15 is 0 Å². The highest BCUT2D eigenvalue weighted by molar-refractivity contribution is 6.13. The van der Waals surface area contributed by atoms with Crippen LogP contribution >= 0.6 is 0 Å². The van der Waals surface area contributed by atoms with Crippen LogP contribution in [0.3, 0.4) is 0 Å². The normalized spacial score (nSPS) is 15.2. The smallest absolute Gasteiger partial charge is 0.145 e. The minimum atomic E-state index is -0.511. The van der Waals surface area contributed by atoms with Gasteiger partial charge in [0.25, 0.3) is 0 Å². The van der Waals surface area contributed by atoms with Crippen molar-refractivity contribution in [2.75, 3.05) is 0 Å². The zero-order chi connectivity index (χ0) is 34.7. The zero-order valence-corrected chi connectivity index (χ0v) is 28.7. The minimum Gasteiger partial charge on any atom is -0.309 e. The molecular weight excluding hydrogens is 643 g/mol. The summed E-state index contributed by atoms with van der Waals surface area (Å²) in [6.45, 7) is 0. The molecule has 1 spiro atoms. The molecule has 12 rings (SSSR count). The van der Waals surface area contributed by atoms with Crippen LogP contribution in [0.5, 0.6) is 0 Å². The lowest BCUT2D eigenvalue weighted by Crippen LogP contribution is -2.34. The molecule has 2 aliphatic rings. The summed E-state index contributed by atoms with van der Waals surface area (Å²) in [5.41, 5.74) is 17.9. The topological polar surface area (TPSA) is 22.8 Å². The number of rotatable bonds is 3. The quantitative estimate of drug-likeness (QED) is 0.183. The van der Waals surface area contributed by atoms with Crippen molar-refractivity contribution >= 4 is 32.8 Å². The standard InChI is InChI=1S/C50H31N3/c1-2-14-34(15-3-1)52-46-27-11-8-24-43(46)51-49(52)33-30-28-32(29-31-33)35-18-12-19-38-36-16-4-6-21-40(36)50(47(35)38)41-22-7-10-26-45(41)53-44-25-9-5-17-37(44)39-20-13-23-42(50)48(39)53/h1-31H. The summed E-state index contributed by atoms with van der Waals surface area (Å²) >= 11 is 0. The molecule has 53 heavy (non-hydrogen) atoms. The van der Waals surface area contributed by atoms with E-state index in [9.17, 15) is 0 Å². The Labute approximate surface area is 306 Å². The van der Waals surface area contributed by atoms with Crippen LogP contribution in [-0.2, 0) is 5.41 Å². The fraction of sp³-hybridized carbons (Fsp3) is 0.0200. The van der Waals surface area contributed by atoms with Gasteiger partial charge in [0.1, 0.15) is 5.82 Å². The molecular formula is C50H31N3. The third kappa shape index (κ3) is 3.66. The number of hydrogen-bond donors (Lipinski definition) is 0. The fourth-order valence-electron chi connectivity index (χ4n) is 9.72. The molecule has 0 fully saturated rings. The van der Waals surface area contributed by atoms with E-state index in [4.69, 9.17) is 4.98 Å². The van der Waals surface area contributed by atoms with Crippen LogP contribution in [0.25, 0.3) is 77.9 Å². The lowest BCUT2D eigenvalue weighted by molar-refractivity contribution is 0.750. The first-order valence-electron chi connectivity index (χ1n) is 18.3. The summed E-state index contributed by atoms with van der Waals surface area (Å²) in [4.78, 5) is 5.16. The molecule has 1 aliphatic carbocycles. The van der Waals surface area contributed by atoms with Gasteiger partial charge in [-0.25, -0.2) is 4.98 Å². The van der Waals surface area contributed by atoms with Gasteiger partial charge in [-0.2, -0.15) is 0 Å². The van der Waals surface area contributed by atoms with Crippen molar-refractivity contribution in [2.24, 2.45) is 0 Å². The maximum atomic E-state index is 5.16. The third-order valence-electron chi connectivity index (χ3n) is 11.7. The number of imidazole rings is 1. The summed E-state index contributed by atoms with van der Waals surface area (Å²) in [6, 6.07) is 68.9. The van der Waals surface area contributed by atoms with Crippen molar-refractivity contribution < 1.29 is 0 Å². The predicted octanol–water partition coefficient (Wildman–Crippen LogP) is 12.1. The number of para-hydroxylation sites is 6. The first kappa shape index (κ1) is 28.7. The van der Waals surface area contributed by atoms with Crippen molar-refractivity contribution in [3.8, 4) is 45.0 Å². The number of hydrogen-bond acceptors (Lipinski definition) is 1. The van der Waals surface area contributed by atoms with Crippen molar-refractivity contribution in [1.82, 2.24) is 14.1 Å². The number of aromatic nitrogens is 3. The Morgan fingerprint density at radius 3 is 1.91 bits per heavy atom. The van der Waals surface area contributed by atoms with E-state index in [1.54, 1.807) is 0 Å². The fourth-order valence-corrected chi connectivity index (χ4v) is 9.72. The monoisotopic (exact) mass is 673 g/mol. The maximum Gasteiger partial charge on any atom is 0.145 e. The van der Waals surface area contributed by atoms with E-state index in [-0.39, 0.29) is 0 Å². The van der Waals surface area contributed by atoms with Crippen molar-refractivity contribution in [2.45, 2.75) is 5.41 Å². The second-order valence-corrected chi connectivity index (χ2v) is 14.3. The number of nitrogens with zero attached hydrogens (tertiary/aromatic N) is 3. The molecule has 3 heteroatoms. The summed E-state index contributed by atoms with van der Waals surface area (Å²) in [5, 5.41) is 2.58. The highest BCUT2D eigenvalue weighted by Crippen LogP contribution is 2.62. The Hall–Kier alpha value is -6.97. The van der Waals surface area contributed by atoms with Gasteiger partial charge in [0.2, 0.25) is 0 Å². The van der Waals surface area contributed by atoms with Gasteiger partial charge >= 0.3 is 0 Å². The molecule has 1 aliphatic heterocycles.